The summed E-state index contributed by atoms with van der Waals surface area (Å²) >= 11 is 0. The fourth-order valence-electron chi connectivity index (χ4n) is 0. The van der Waals surface area contributed by atoms with Crippen LogP contribution in [0.3, 0.4) is 0 Å². The van der Waals surface area contributed by atoms with Gasteiger partial charge in [-0.2, -0.15) is 0 Å². The van der Waals surface area contributed by atoms with E-state index in [1.807, 2.05) is 0 Å². The molecule has 0 aliphatic carbocycles. The zero-order valence-corrected chi connectivity index (χ0v) is 7.63. The topological polar surface area (TPSA) is 0 Å². The molecule has 0 saturated heterocycles. The molecule has 4 heteroatoms. The number of rotatable bonds is 0. The van der Waals surface area contributed by atoms with Gasteiger partial charge in [-0.05, 0) is 0 Å². The molecule has 0 atom stereocenters. The number of hydrogen-bond acceptors (Lipinski definition) is 0. The van der Waals surface area contributed by atoms with Crippen molar-refractivity contribution < 1.29 is 56.4 Å². The second-order valence-electron chi connectivity index (χ2n) is 0. The summed E-state index contributed by atoms with van der Waals surface area (Å²) in [6, 6.07) is 0. The Hall–Kier alpha value is 2.99. The summed E-state index contributed by atoms with van der Waals surface area (Å²) in [4.78, 5) is 0. The molecule has 0 aliphatic rings. The summed E-state index contributed by atoms with van der Waals surface area (Å²) < 4.78 is 0. The van der Waals surface area contributed by atoms with E-state index in [0.717, 1.165) is 0 Å². The molecule has 0 aromatic heterocycles. The molecule has 0 unspecified atom stereocenters. The fraction of sp³-hybridized carbons (Fsp3) is 0. The molecule has 1 radical (unpaired) electrons. The average Bonchev–Trinajstić information content (AvgIpc) is 0. The molecule has 0 N–H and O–H groups in total. The van der Waals surface area contributed by atoms with E-state index in [1.54, 1.807) is 0 Å². The Morgan fingerprint density at radius 3 is 1.50 bits per heavy atom. The summed E-state index contributed by atoms with van der Waals surface area (Å²) in [6.45, 7) is 0. The third kappa shape index (κ3) is 8.89. The quantitative estimate of drug-likeness (QED) is 0.475. The van der Waals surface area contributed by atoms with Gasteiger partial charge in [0.1, 0.15) is 0 Å². The molecule has 0 aliphatic heterocycles. The Bertz CT molecular complexity index is 14.9. The van der Waals surface area contributed by atoms with Crippen LogP contribution in [0.1, 0.15) is 4.28 Å². The minimum Gasteiger partial charge on any atom is -1.00 e. The summed E-state index contributed by atoms with van der Waals surface area (Å²) in [7, 11) is 0. The van der Waals surface area contributed by atoms with Gasteiger partial charge in [0, 0.05) is 52.1 Å². The van der Waals surface area contributed by atoms with E-state index in [9.17, 15) is 0 Å². The first-order valence-corrected chi connectivity index (χ1v) is 0. The van der Waals surface area contributed by atoms with Crippen LogP contribution >= 0.6 is 0 Å². The van der Waals surface area contributed by atoms with E-state index in [1.165, 1.54) is 0 Å². The Morgan fingerprint density at radius 1 is 1.50 bits per heavy atom. The van der Waals surface area contributed by atoms with Gasteiger partial charge < -0.3 is 2.85 Å². The maximum absolute atomic E-state index is 0. The molecular weight excluding hydrogens is 249 g/mol. The maximum Gasteiger partial charge on any atom is 2.00 e. The maximum atomic E-state index is 0. The summed E-state index contributed by atoms with van der Waals surface area (Å²) in [6.07, 6.45) is 0. The minimum absolute atomic E-state index is 0. The second kappa shape index (κ2) is 16.7. The predicted octanol–water partition coefficient (Wildman–Crippen LogP) is -1.23. The molecular formula is H6AlLaMgNi+. The monoisotopic (exact) mass is 254 g/mol. The Morgan fingerprint density at radius 2 is 1.50 bits per heavy atom. The van der Waals surface area contributed by atoms with Crippen LogP contribution in [-0.2, 0) is 16.5 Å². The van der Waals surface area contributed by atoms with Gasteiger partial charge in [0.2, 0.25) is 0 Å². The van der Waals surface area contributed by atoms with Gasteiger partial charge in [0.25, 0.3) is 0 Å². The first-order valence-electron chi connectivity index (χ1n) is 0. The average molecular weight is 255 g/mol. The van der Waals surface area contributed by atoms with E-state index in [-0.39, 0.29) is 96.8 Å². The van der Waals surface area contributed by atoms with Crippen molar-refractivity contribution in [2.24, 2.45) is 0 Å². The largest absolute Gasteiger partial charge is 2.00 e. The molecule has 0 saturated carbocycles. The van der Waals surface area contributed by atoms with Crippen LogP contribution in [0.2, 0.25) is 0 Å². The molecule has 0 spiro atoms. The summed E-state index contributed by atoms with van der Waals surface area (Å²) in [5, 5.41) is 0. The van der Waals surface area contributed by atoms with Crippen LogP contribution in [-0.4, -0.2) is 40.4 Å². The zero-order chi connectivity index (χ0) is 0. The molecule has 0 fully saturated rings. The van der Waals surface area contributed by atoms with Crippen molar-refractivity contribution >= 4 is 40.4 Å². The van der Waals surface area contributed by atoms with Gasteiger partial charge in [-0.3, -0.25) is 0 Å². The van der Waals surface area contributed by atoms with E-state index < -0.39 is 0 Å². The predicted molar refractivity (Wildman–Crippen MR) is 19.0 cm³/mol. The van der Waals surface area contributed by atoms with Crippen molar-refractivity contribution in [1.29, 1.82) is 0 Å². The molecule has 0 bridgehead atoms. The van der Waals surface area contributed by atoms with Crippen molar-refractivity contribution in [2.75, 3.05) is 0 Å². The van der Waals surface area contributed by atoms with E-state index in [0.29, 0.717) is 0 Å². The van der Waals surface area contributed by atoms with Crippen LogP contribution in [0.5, 0.6) is 0 Å². The van der Waals surface area contributed by atoms with Gasteiger partial charge in [0.15, 0.2) is 17.4 Å². The molecule has 4 heavy (non-hydrogen) atoms. The third-order valence-electron chi connectivity index (χ3n) is 0. The normalized spacial score (nSPS) is 0. The van der Waals surface area contributed by atoms with Crippen LogP contribution in [0.25, 0.3) is 0 Å². The molecule has 0 amide bonds. The van der Waals surface area contributed by atoms with Crippen molar-refractivity contribution in [3.05, 3.63) is 0 Å². The van der Waals surface area contributed by atoms with Crippen molar-refractivity contribution in [3.63, 3.8) is 0 Å². The minimum atomic E-state index is 0. The molecule has 0 aromatic carbocycles. The Balaban J connectivity index is 0. The fourth-order valence-corrected chi connectivity index (χ4v) is 0. The Labute approximate surface area is 95.1 Å². The van der Waals surface area contributed by atoms with Crippen LogP contribution in [0.15, 0.2) is 0 Å². The van der Waals surface area contributed by atoms with Crippen LogP contribution < -0.4 is 0 Å². The number of hydrogen-bond donors (Lipinski definition) is 0. The second-order valence-corrected chi connectivity index (χ2v) is 0. The van der Waals surface area contributed by atoms with Crippen molar-refractivity contribution in [3.8, 4) is 0 Å². The Kier molecular flexibility index (Phi) is 117. The summed E-state index contributed by atoms with van der Waals surface area (Å²) in [5.41, 5.74) is 0. The molecule has 0 rings (SSSR count). The standard InChI is InChI=1S/Al.La.Mg.Ni.5H/q;;+2;;;;;2*-1/p+1. The smallest absolute Gasteiger partial charge is 1.00 e. The molecule has 23 valence electrons. The third-order valence-corrected chi connectivity index (χ3v) is 0. The summed E-state index contributed by atoms with van der Waals surface area (Å²) in [5.74, 6) is 0. The van der Waals surface area contributed by atoms with Crippen molar-refractivity contribution in [2.45, 2.75) is 0 Å². The van der Waals surface area contributed by atoms with Gasteiger partial charge in [-0.25, -0.2) is 0 Å². The van der Waals surface area contributed by atoms with E-state index in [4.69, 9.17) is 0 Å². The van der Waals surface area contributed by atoms with Gasteiger partial charge >= 0.3 is 24.5 Å². The first kappa shape index (κ1) is 28.1. The zero-order valence-electron chi connectivity index (χ0n) is 4.60. The van der Waals surface area contributed by atoms with E-state index in [2.05, 4.69) is 0 Å². The molecule has 0 heterocycles. The SMILES string of the molecule is [AlH3].[H+].[H-].[H-].[La].[Mg+2].[Ni]. The van der Waals surface area contributed by atoms with E-state index >= 15 is 0 Å². The van der Waals surface area contributed by atoms with Crippen LogP contribution in [0, 0.1) is 35.6 Å². The molecule has 0 nitrogen and oxygen atoms in total. The van der Waals surface area contributed by atoms with Crippen LogP contribution in [0.4, 0.5) is 0 Å². The van der Waals surface area contributed by atoms with Crippen molar-refractivity contribution in [1.82, 2.24) is 0 Å². The first-order chi connectivity index (χ1) is 0. The molecule has 0 aromatic rings. The van der Waals surface area contributed by atoms with Gasteiger partial charge in [0.05, 0.1) is 0 Å². The van der Waals surface area contributed by atoms with Gasteiger partial charge in [-0.1, -0.05) is 0 Å². The van der Waals surface area contributed by atoms with Gasteiger partial charge in [-0.15, -0.1) is 0 Å².